The van der Waals surface area contributed by atoms with Gasteiger partial charge in [-0.2, -0.15) is 0 Å². The van der Waals surface area contributed by atoms with E-state index in [4.69, 9.17) is 23.2 Å². The van der Waals surface area contributed by atoms with Crippen molar-refractivity contribution in [1.82, 2.24) is 0 Å². The summed E-state index contributed by atoms with van der Waals surface area (Å²) in [5, 5.41) is 14.1. The predicted molar refractivity (Wildman–Crippen MR) is 76.6 cm³/mol. The van der Waals surface area contributed by atoms with E-state index in [0.717, 1.165) is 11.3 Å². The standard InChI is InChI=1S/C14H13Cl2NO/c1-9(11-4-2-3-5-14(11)18)17-10-6-7-12(15)13(16)8-10/h2-9,17-18H,1H3. The summed E-state index contributed by atoms with van der Waals surface area (Å²) in [6.45, 7) is 1.97. The number of phenols is 1. The Labute approximate surface area is 116 Å². The topological polar surface area (TPSA) is 32.3 Å². The van der Waals surface area contributed by atoms with E-state index in [1.54, 1.807) is 24.3 Å². The van der Waals surface area contributed by atoms with Gasteiger partial charge >= 0.3 is 0 Å². The molecular weight excluding hydrogens is 269 g/mol. The fraction of sp³-hybridized carbons (Fsp3) is 0.143. The summed E-state index contributed by atoms with van der Waals surface area (Å²) in [5.74, 6) is 0.276. The molecule has 1 atom stereocenters. The Morgan fingerprint density at radius 1 is 1.06 bits per heavy atom. The average Bonchev–Trinajstić information content (AvgIpc) is 2.34. The van der Waals surface area contributed by atoms with E-state index in [1.165, 1.54) is 0 Å². The summed E-state index contributed by atoms with van der Waals surface area (Å²) in [4.78, 5) is 0. The van der Waals surface area contributed by atoms with Gasteiger partial charge in [-0.3, -0.25) is 0 Å². The Hall–Kier alpha value is -1.38. The highest BCUT2D eigenvalue weighted by molar-refractivity contribution is 6.42. The fourth-order valence-corrected chi connectivity index (χ4v) is 2.07. The highest BCUT2D eigenvalue weighted by atomic mass is 35.5. The first-order valence-corrected chi connectivity index (χ1v) is 6.33. The van der Waals surface area contributed by atoms with Gasteiger partial charge < -0.3 is 10.4 Å². The van der Waals surface area contributed by atoms with Crippen LogP contribution < -0.4 is 5.32 Å². The quantitative estimate of drug-likeness (QED) is 0.841. The Balaban J connectivity index is 2.19. The van der Waals surface area contributed by atoms with Crippen molar-refractivity contribution in [2.24, 2.45) is 0 Å². The van der Waals surface area contributed by atoms with Crippen LogP contribution in [0, 0.1) is 0 Å². The van der Waals surface area contributed by atoms with E-state index in [0.29, 0.717) is 10.0 Å². The van der Waals surface area contributed by atoms with Crippen LogP contribution in [0.5, 0.6) is 5.75 Å². The molecule has 2 rings (SSSR count). The van der Waals surface area contributed by atoms with Gasteiger partial charge in [-0.1, -0.05) is 41.4 Å². The van der Waals surface area contributed by atoms with Gasteiger partial charge in [0.2, 0.25) is 0 Å². The van der Waals surface area contributed by atoms with Crippen LogP contribution in [-0.4, -0.2) is 5.11 Å². The van der Waals surface area contributed by atoms with Crippen LogP contribution in [0.15, 0.2) is 42.5 Å². The third-order valence-electron chi connectivity index (χ3n) is 2.71. The second-order valence-corrected chi connectivity index (χ2v) is 4.87. The third kappa shape index (κ3) is 2.89. The lowest BCUT2D eigenvalue weighted by Crippen LogP contribution is -2.06. The highest BCUT2D eigenvalue weighted by Crippen LogP contribution is 2.29. The molecule has 18 heavy (non-hydrogen) atoms. The largest absolute Gasteiger partial charge is 0.508 e. The molecule has 94 valence electrons. The smallest absolute Gasteiger partial charge is 0.120 e. The molecule has 0 bridgehead atoms. The Bertz CT molecular complexity index is 557. The van der Waals surface area contributed by atoms with E-state index < -0.39 is 0 Å². The number of benzene rings is 2. The van der Waals surface area contributed by atoms with Crippen molar-refractivity contribution < 1.29 is 5.11 Å². The number of hydrogen-bond acceptors (Lipinski definition) is 2. The minimum atomic E-state index is -0.0246. The number of anilines is 1. The Kier molecular flexibility index (Phi) is 4.00. The molecule has 0 saturated carbocycles. The average molecular weight is 282 g/mol. The van der Waals surface area contributed by atoms with Gasteiger partial charge in [0.15, 0.2) is 0 Å². The lowest BCUT2D eigenvalue weighted by Gasteiger charge is -2.17. The summed E-state index contributed by atoms with van der Waals surface area (Å²) in [5.41, 5.74) is 1.70. The zero-order chi connectivity index (χ0) is 13.1. The van der Waals surface area contributed by atoms with Gasteiger partial charge in [0.1, 0.15) is 5.75 Å². The van der Waals surface area contributed by atoms with Crippen molar-refractivity contribution in [2.45, 2.75) is 13.0 Å². The summed E-state index contributed by atoms with van der Waals surface area (Å²) in [7, 11) is 0. The minimum absolute atomic E-state index is 0.0246. The van der Waals surface area contributed by atoms with E-state index >= 15 is 0 Å². The molecule has 0 heterocycles. The molecule has 1 unspecified atom stereocenters. The molecule has 0 radical (unpaired) electrons. The predicted octanol–water partition coefficient (Wildman–Crippen LogP) is 4.87. The van der Waals surface area contributed by atoms with Crippen molar-refractivity contribution in [3.63, 3.8) is 0 Å². The van der Waals surface area contributed by atoms with Gasteiger partial charge in [0, 0.05) is 11.3 Å². The molecule has 0 fully saturated rings. The lowest BCUT2D eigenvalue weighted by molar-refractivity contribution is 0.465. The molecule has 4 heteroatoms. The number of halogens is 2. The first kappa shape index (κ1) is 13.1. The maximum absolute atomic E-state index is 9.77. The highest BCUT2D eigenvalue weighted by Gasteiger charge is 2.10. The Morgan fingerprint density at radius 3 is 2.44 bits per heavy atom. The maximum atomic E-state index is 9.77. The molecule has 2 nitrogen and oxygen atoms in total. The monoisotopic (exact) mass is 281 g/mol. The lowest BCUT2D eigenvalue weighted by atomic mass is 10.1. The minimum Gasteiger partial charge on any atom is -0.508 e. The zero-order valence-electron chi connectivity index (χ0n) is 9.82. The Morgan fingerprint density at radius 2 is 1.78 bits per heavy atom. The summed E-state index contributed by atoms with van der Waals surface area (Å²) in [6, 6.07) is 12.6. The molecular formula is C14H13Cl2NO. The van der Waals surface area contributed by atoms with E-state index in [1.807, 2.05) is 25.1 Å². The summed E-state index contributed by atoms with van der Waals surface area (Å²) < 4.78 is 0. The number of nitrogens with one attached hydrogen (secondary N) is 1. The summed E-state index contributed by atoms with van der Waals surface area (Å²) in [6.07, 6.45) is 0. The first-order valence-electron chi connectivity index (χ1n) is 5.57. The van der Waals surface area contributed by atoms with Crippen LogP contribution in [-0.2, 0) is 0 Å². The van der Waals surface area contributed by atoms with E-state index in [-0.39, 0.29) is 11.8 Å². The zero-order valence-corrected chi connectivity index (χ0v) is 11.3. The number of aromatic hydroxyl groups is 1. The van der Waals surface area contributed by atoms with Crippen LogP contribution in [0.2, 0.25) is 10.0 Å². The fourth-order valence-electron chi connectivity index (χ4n) is 1.77. The molecule has 0 aliphatic rings. The van der Waals surface area contributed by atoms with Gasteiger partial charge in [0.25, 0.3) is 0 Å². The number of hydrogen-bond donors (Lipinski definition) is 2. The van der Waals surface area contributed by atoms with Crippen LogP contribution in [0.1, 0.15) is 18.5 Å². The summed E-state index contributed by atoms with van der Waals surface area (Å²) >= 11 is 11.8. The molecule has 0 aromatic heterocycles. The second kappa shape index (κ2) is 5.51. The van der Waals surface area contributed by atoms with E-state index in [2.05, 4.69) is 5.32 Å². The van der Waals surface area contributed by atoms with E-state index in [9.17, 15) is 5.11 Å². The first-order chi connectivity index (χ1) is 8.58. The van der Waals surface area contributed by atoms with Crippen LogP contribution >= 0.6 is 23.2 Å². The molecule has 0 saturated heterocycles. The van der Waals surface area contributed by atoms with Gasteiger partial charge in [-0.05, 0) is 31.2 Å². The normalized spacial score (nSPS) is 12.2. The number of para-hydroxylation sites is 1. The molecule has 0 spiro atoms. The molecule has 0 aliphatic heterocycles. The molecule has 2 aromatic carbocycles. The van der Waals surface area contributed by atoms with Gasteiger partial charge in [-0.25, -0.2) is 0 Å². The molecule has 2 aromatic rings. The van der Waals surface area contributed by atoms with Crippen molar-refractivity contribution in [2.75, 3.05) is 5.32 Å². The van der Waals surface area contributed by atoms with Crippen molar-refractivity contribution in [1.29, 1.82) is 0 Å². The van der Waals surface area contributed by atoms with Crippen LogP contribution in [0.4, 0.5) is 5.69 Å². The third-order valence-corrected chi connectivity index (χ3v) is 3.45. The second-order valence-electron chi connectivity index (χ2n) is 4.05. The molecule has 0 aliphatic carbocycles. The van der Waals surface area contributed by atoms with Crippen LogP contribution in [0.25, 0.3) is 0 Å². The van der Waals surface area contributed by atoms with Crippen molar-refractivity contribution >= 4 is 28.9 Å². The maximum Gasteiger partial charge on any atom is 0.120 e. The molecule has 2 N–H and O–H groups in total. The molecule has 0 amide bonds. The van der Waals surface area contributed by atoms with Crippen molar-refractivity contribution in [3.8, 4) is 5.75 Å². The SMILES string of the molecule is CC(Nc1ccc(Cl)c(Cl)c1)c1ccccc1O. The van der Waals surface area contributed by atoms with Crippen molar-refractivity contribution in [3.05, 3.63) is 58.1 Å². The number of phenolic OH excluding ortho intramolecular Hbond substituents is 1. The number of rotatable bonds is 3. The van der Waals surface area contributed by atoms with Gasteiger partial charge in [-0.15, -0.1) is 0 Å². The van der Waals surface area contributed by atoms with Crippen LogP contribution in [0.3, 0.4) is 0 Å². The van der Waals surface area contributed by atoms with Gasteiger partial charge in [0.05, 0.1) is 16.1 Å².